The predicted molar refractivity (Wildman–Crippen MR) is 96.5 cm³/mol. The summed E-state index contributed by atoms with van der Waals surface area (Å²) in [5.74, 6) is 0.00184. The molecule has 0 spiro atoms. The minimum atomic E-state index is -0.403. The minimum absolute atomic E-state index is 0.285. The average Bonchev–Trinajstić information content (AvgIpc) is 3.12. The van der Waals surface area contributed by atoms with Crippen LogP contribution < -0.4 is 11.2 Å². The summed E-state index contributed by atoms with van der Waals surface area (Å²) in [6.45, 7) is 4.06. The van der Waals surface area contributed by atoms with Gasteiger partial charge in [-0.15, -0.1) is 0 Å². The Labute approximate surface area is 147 Å². The number of aryl methyl sites for hydroxylation is 2. The van der Waals surface area contributed by atoms with Crippen LogP contribution in [0.4, 0.5) is 4.39 Å². The predicted octanol–water partition coefficient (Wildman–Crippen LogP) is 2.00. The highest BCUT2D eigenvalue weighted by molar-refractivity contribution is 5.76. The largest absolute Gasteiger partial charge is 0.332 e. The van der Waals surface area contributed by atoms with Crippen molar-refractivity contribution in [2.75, 3.05) is 0 Å². The molecule has 7 nitrogen and oxygen atoms in total. The van der Waals surface area contributed by atoms with Crippen LogP contribution in [0.5, 0.6) is 0 Å². The topological polar surface area (TPSA) is 66.2 Å². The van der Waals surface area contributed by atoms with E-state index in [4.69, 9.17) is 0 Å². The van der Waals surface area contributed by atoms with Crippen molar-refractivity contribution < 1.29 is 4.39 Å². The Morgan fingerprint density at radius 3 is 2.62 bits per heavy atom. The molecule has 0 saturated carbocycles. The van der Waals surface area contributed by atoms with Crippen molar-refractivity contribution in [1.29, 1.82) is 0 Å². The van der Waals surface area contributed by atoms with E-state index in [-0.39, 0.29) is 11.2 Å². The number of rotatable bonds is 3. The summed E-state index contributed by atoms with van der Waals surface area (Å²) < 4.78 is 20.2. The van der Waals surface area contributed by atoms with Crippen molar-refractivity contribution in [1.82, 2.24) is 23.1 Å². The van der Waals surface area contributed by atoms with Crippen LogP contribution in [0.1, 0.15) is 19.0 Å². The molecule has 134 valence electrons. The second-order valence-electron chi connectivity index (χ2n) is 6.31. The Morgan fingerprint density at radius 1 is 1.19 bits per heavy atom. The Hall–Kier alpha value is -3.16. The molecule has 0 amide bonds. The van der Waals surface area contributed by atoms with E-state index >= 15 is 0 Å². The molecule has 8 heteroatoms. The summed E-state index contributed by atoms with van der Waals surface area (Å²) >= 11 is 0. The smallest absolute Gasteiger partial charge is 0.280 e. The van der Waals surface area contributed by atoms with E-state index in [1.807, 2.05) is 13.8 Å². The highest BCUT2D eigenvalue weighted by atomic mass is 19.1. The van der Waals surface area contributed by atoms with Crippen molar-refractivity contribution >= 4 is 16.9 Å². The minimum Gasteiger partial charge on any atom is -0.280 e. The van der Waals surface area contributed by atoms with Crippen LogP contribution in [0.3, 0.4) is 0 Å². The normalized spacial score (nSPS) is 11.7. The van der Waals surface area contributed by atoms with Crippen molar-refractivity contribution in [3.63, 3.8) is 0 Å². The lowest BCUT2D eigenvalue weighted by Crippen LogP contribution is -2.39. The Balaban J connectivity index is 2.17. The van der Waals surface area contributed by atoms with Crippen LogP contribution in [-0.2, 0) is 13.6 Å². The fourth-order valence-electron chi connectivity index (χ4n) is 3.36. The second kappa shape index (κ2) is 5.69. The molecule has 3 heterocycles. The van der Waals surface area contributed by atoms with Gasteiger partial charge in [0.15, 0.2) is 11.2 Å². The van der Waals surface area contributed by atoms with E-state index in [2.05, 4.69) is 4.98 Å². The quantitative estimate of drug-likeness (QED) is 0.565. The third kappa shape index (κ3) is 2.08. The Morgan fingerprint density at radius 2 is 1.92 bits per heavy atom. The molecule has 3 aromatic heterocycles. The lowest BCUT2D eigenvalue weighted by molar-refractivity contribution is 0.592. The first-order chi connectivity index (χ1) is 12.5. The standard InChI is InChI=1S/C18H18FN5O2/c1-4-9-22-16(25)14-15(21(3)18(22)26)20-17-23(14)10-11(2)24(17)13-8-6-5-7-12(13)19/h5-8,10H,4,9H2,1-3H3. The summed E-state index contributed by atoms with van der Waals surface area (Å²) in [7, 11) is 1.59. The molecule has 0 N–H and O–H groups in total. The highest BCUT2D eigenvalue weighted by Gasteiger charge is 2.21. The molecule has 0 radical (unpaired) electrons. The zero-order valence-electron chi connectivity index (χ0n) is 14.7. The van der Waals surface area contributed by atoms with Crippen LogP contribution in [0.2, 0.25) is 0 Å². The van der Waals surface area contributed by atoms with Crippen LogP contribution >= 0.6 is 0 Å². The maximum atomic E-state index is 14.3. The maximum Gasteiger partial charge on any atom is 0.332 e. The van der Waals surface area contributed by atoms with Gasteiger partial charge >= 0.3 is 5.69 Å². The molecule has 0 bridgehead atoms. The highest BCUT2D eigenvalue weighted by Crippen LogP contribution is 2.22. The molecule has 0 saturated heterocycles. The van der Waals surface area contributed by atoms with E-state index in [0.29, 0.717) is 29.9 Å². The molecule has 0 fully saturated rings. The number of aromatic nitrogens is 5. The van der Waals surface area contributed by atoms with E-state index in [9.17, 15) is 14.0 Å². The van der Waals surface area contributed by atoms with Crippen molar-refractivity contribution in [3.8, 4) is 5.69 Å². The molecular weight excluding hydrogens is 337 g/mol. The molecule has 0 atom stereocenters. The number of halogens is 1. The number of para-hydroxylation sites is 1. The van der Waals surface area contributed by atoms with Gasteiger partial charge in [0.05, 0.1) is 5.69 Å². The third-order valence-corrected chi connectivity index (χ3v) is 4.57. The van der Waals surface area contributed by atoms with Gasteiger partial charge in [-0.1, -0.05) is 19.1 Å². The van der Waals surface area contributed by atoms with Gasteiger partial charge in [0, 0.05) is 25.5 Å². The van der Waals surface area contributed by atoms with Crippen LogP contribution in [-0.4, -0.2) is 23.1 Å². The maximum absolute atomic E-state index is 14.3. The van der Waals surface area contributed by atoms with Crippen LogP contribution in [0.15, 0.2) is 40.1 Å². The van der Waals surface area contributed by atoms with Crippen molar-refractivity contribution in [2.45, 2.75) is 26.8 Å². The Kier molecular flexibility index (Phi) is 3.57. The summed E-state index contributed by atoms with van der Waals surface area (Å²) in [6, 6.07) is 6.37. The lowest BCUT2D eigenvalue weighted by atomic mass is 10.3. The zero-order chi connectivity index (χ0) is 18.6. The molecule has 26 heavy (non-hydrogen) atoms. The van der Waals surface area contributed by atoms with Crippen LogP contribution in [0.25, 0.3) is 22.6 Å². The number of nitrogens with zero attached hydrogens (tertiary/aromatic N) is 5. The van der Waals surface area contributed by atoms with E-state index < -0.39 is 11.5 Å². The van der Waals surface area contributed by atoms with Gasteiger partial charge in [-0.3, -0.25) is 22.9 Å². The van der Waals surface area contributed by atoms with Gasteiger partial charge in [0.1, 0.15) is 5.82 Å². The molecule has 1 aromatic carbocycles. The van der Waals surface area contributed by atoms with Gasteiger partial charge in [0.25, 0.3) is 5.56 Å². The SMILES string of the molecule is CCCn1c(=O)c2c(nc3n(-c4ccccc4F)c(C)cn23)n(C)c1=O. The fourth-order valence-corrected chi connectivity index (χ4v) is 3.36. The molecule has 0 aliphatic rings. The van der Waals surface area contributed by atoms with E-state index in [1.165, 1.54) is 15.2 Å². The average molecular weight is 355 g/mol. The molecule has 0 aliphatic carbocycles. The number of imidazole rings is 2. The molecular formula is C18H18FN5O2. The monoisotopic (exact) mass is 355 g/mol. The van der Waals surface area contributed by atoms with Crippen molar-refractivity contribution in [2.24, 2.45) is 7.05 Å². The lowest BCUT2D eigenvalue weighted by Gasteiger charge is -2.07. The number of fused-ring (bicyclic) bond motifs is 3. The molecule has 0 unspecified atom stereocenters. The van der Waals surface area contributed by atoms with Gasteiger partial charge in [0.2, 0.25) is 5.78 Å². The van der Waals surface area contributed by atoms with Gasteiger partial charge in [-0.2, -0.15) is 4.98 Å². The first-order valence-electron chi connectivity index (χ1n) is 8.40. The van der Waals surface area contributed by atoms with Crippen molar-refractivity contribution in [3.05, 3.63) is 62.8 Å². The summed E-state index contributed by atoms with van der Waals surface area (Å²) in [4.78, 5) is 29.9. The third-order valence-electron chi connectivity index (χ3n) is 4.57. The number of benzene rings is 1. The summed E-state index contributed by atoms with van der Waals surface area (Å²) in [6.07, 6.45) is 2.40. The molecule has 4 rings (SSSR count). The number of hydrogen-bond donors (Lipinski definition) is 0. The fraction of sp³-hybridized carbons (Fsp3) is 0.278. The number of hydrogen-bond acceptors (Lipinski definition) is 3. The Bertz CT molecular complexity index is 1270. The van der Waals surface area contributed by atoms with E-state index in [0.717, 1.165) is 5.69 Å². The van der Waals surface area contributed by atoms with Gasteiger partial charge < -0.3 is 0 Å². The molecule has 4 aromatic rings. The van der Waals surface area contributed by atoms with Gasteiger partial charge in [-0.05, 0) is 25.5 Å². The second-order valence-corrected chi connectivity index (χ2v) is 6.31. The van der Waals surface area contributed by atoms with E-state index in [1.54, 1.807) is 40.4 Å². The summed E-state index contributed by atoms with van der Waals surface area (Å²) in [5, 5.41) is 0. The molecule has 0 aliphatic heterocycles. The summed E-state index contributed by atoms with van der Waals surface area (Å²) in [5.41, 5.74) is 0.882. The van der Waals surface area contributed by atoms with Gasteiger partial charge in [-0.25, -0.2) is 9.18 Å². The zero-order valence-corrected chi connectivity index (χ0v) is 14.7. The van der Waals surface area contributed by atoms with Crippen LogP contribution in [0, 0.1) is 12.7 Å². The first-order valence-corrected chi connectivity index (χ1v) is 8.40. The first kappa shape index (κ1) is 16.3.